The van der Waals surface area contributed by atoms with Gasteiger partial charge in [0.1, 0.15) is 23.0 Å². The van der Waals surface area contributed by atoms with Gasteiger partial charge in [0.25, 0.3) is 6.43 Å². The zero-order chi connectivity index (χ0) is 23.0. The molecule has 3 atom stereocenters. The predicted molar refractivity (Wildman–Crippen MR) is 121 cm³/mol. The lowest BCUT2D eigenvalue weighted by atomic mass is 10.1. The van der Waals surface area contributed by atoms with Crippen LogP contribution in [0.15, 0.2) is 9.63 Å². The molecule has 6 nitrogen and oxygen atoms in total. The lowest BCUT2D eigenvalue weighted by Crippen LogP contribution is -2.50. The van der Waals surface area contributed by atoms with Crippen molar-refractivity contribution in [2.45, 2.75) is 56.2 Å². The van der Waals surface area contributed by atoms with E-state index in [2.05, 4.69) is 25.9 Å². The lowest BCUT2D eigenvalue weighted by Gasteiger charge is -2.36. The highest BCUT2D eigenvalue weighted by Gasteiger charge is 2.37. The zero-order valence-corrected chi connectivity index (χ0v) is 20.6. The molecule has 2 aliphatic heterocycles. The predicted octanol–water partition coefficient (Wildman–Crippen LogP) is 5.67. The molecule has 0 amide bonds. The van der Waals surface area contributed by atoms with Crippen LogP contribution >= 0.6 is 39.3 Å². The molecule has 1 fully saturated rings. The summed E-state index contributed by atoms with van der Waals surface area (Å²) < 4.78 is 60.2. The van der Waals surface area contributed by atoms with Gasteiger partial charge in [-0.1, -0.05) is 23.4 Å². The Morgan fingerprint density at radius 2 is 2.12 bits per heavy atom. The average molecular weight is 557 g/mol. The molecule has 1 aromatic heterocycles. The second-order valence-electron chi connectivity index (χ2n) is 7.59. The minimum atomic E-state index is -2.67. The Kier molecular flexibility index (Phi) is 7.60. The van der Waals surface area contributed by atoms with Crippen LogP contribution in [0.1, 0.15) is 26.2 Å². The number of nitrogens with zero attached hydrogens (tertiary/aromatic N) is 3. The molecule has 3 heterocycles. The third kappa shape index (κ3) is 4.64. The van der Waals surface area contributed by atoms with E-state index in [9.17, 15) is 8.78 Å². The molecule has 0 radical (unpaired) electrons. The van der Waals surface area contributed by atoms with E-state index in [1.54, 1.807) is 13.2 Å². The summed E-state index contributed by atoms with van der Waals surface area (Å²) in [5.74, 6) is -0.405. The summed E-state index contributed by atoms with van der Waals surface area (Å²) in [5.41, 5.74) is -0.0465. The fourth-order valence-electron chi connectivity index (χ4n) is 3.97. The van der Waals surface area contributed by atoms with Crippen LogP contribution in [0.2, 0.25) is 5.02 Å². The van der Waals surface area contributed by atoms with Crippen LogP contribution in [-0.2, 0) is 9.47 Å². The van der Waals surface area contributed by atoms with Crippen LogP contribution in [0, 0.1) is 5.82 Å². The standard InChI is InChI=1S/C20H22BrClF3N3O3S/c1-9(31-12-5-3-4-6-29-12)10-8-30-18-13-17(16(25)14(21)15(18)22)26-20(32-2)27-19(13)28(10)7-11(23)24/h9-12H,3-8H2,1-2H3. The number of thioether (sulfide) groups is 1. The van der Waals surface area contributed by atoms with Gasteiger partial charge in [0.15, 0.2) is 23.0 Å². The fraction of sp³-hybridized carbons (Fsp3) is 0.600. The maximum atomic E-state index is 15.1. The fourth-order valence-corrected chi connectivity index (χ4v) is 4.93. The van der Waals surface area contributed by atoms with Crippen molar-refractivity contribution < 1.29 is 27.4 Å². The van der Waals surface area contributed by atoms with Gasteiger partial charge in [-0.2, -0.15) is 0 Å². The third-order valence-electron chi connectivity index (χ3n) is 5.52. The molecule has 32 heavy (non-hydrogen) atoms. The van der Waals surface area contributed by atoms with E-state index < -0.39 is 37.2 Å². The maximum Gasteiger partial charge on any atom is 0.255 e. The van der Waals surface area contributed by atoms with Crippen LogP contribution in [0.4, 0.5) is 19.0 Å². The van der Waals surface area contributed by atoms with E-state index in [-0.39, 0.29) is 43.7 Å². The van der Waals surface area contributed by atoms with Crippen molar-refractivity contribution in [3.8, 4) is 5.75 Å². The summed E-state index contributed by atoms with van der Waals surface area (Å²) in [4.78, 5) is 10.2. The van der Waals surface area contributed by atoms with E-state index in [1.807, 2.05) is 0 Å². The summed E-state index contributed by atoms with van der Waals surface area (Å²) in [5, 5.41) is 0.409. The molecule has 1 aromatic carbocycles. The van der Waals surface area contributed by atoms with Crippen LogP contribution in [0.25, 0.3) is 10.9 Å². The van der Waals surface area contributed by atoms with Crippen molar-refractivity contribution in [1.82, 2.24) is 9.97 Å². The summed E-state index contributed by atoms with van der Waals surface area (Å²) in [6.45, 7) is 1.73. The van der Waals surface area contributed by atoms with Gasteiger partial charge < -0.3 is 19.1 Å². The Morgan fingerprint density at radius 1 is 1.34 bits per heavy atom. The molecule has 0 bridgehead atoms. The van der Waals surface area contributed by atoms with Crippen LogP contribution < -0.4 is 9.64 Å². The Bertz CT molecular complexity index is 1000. The zero-order valence-electron chi connectivity index (χ0n) is 17.4. The quantitative estimate of drug-likeness (QED) is 0.258. The molecule has 0 N–H and O–H groups in total. The van der Waals surface area contributed by atoms with Gasteiger partial charge in [-0.25, -0.2) is 23.1 Å². The average Bonchev–Trinajstić information content (AvgIpc) is 2.93. The van der Waals surface area contributed by atoms with Gasteiger partial charge in [0, 0.05) is 6.61 Å². The number of hydrogen-bond donors (Lipinski definition) is 0. The van der Waals surface area contributed by atoms with Crippen molar-refractivity contribution in [1.29, 1.82) is 0 Å². The highest BCUT2D eigenvalue weighted by atomic mass is 79.9. The largest absolute Gasteiger partial charge is 0.489 e. The van der Waals surface area contributed by atoms with Crippen LogP contribution in [-0.4, -0.2) is 60.8 Å². The maximum absolute atomic E-state index is 15.1. The molecule has 0 saturated carbocycles. The van der Waals surface area contributed by atoms with E-state index in [0.29, 0.717) is 6.61 Å². The van der Waals surface area contributed by atoms with Crippen molar-refractivity contribution in [3.63, 3.8) is 0 Å². The Balaban J connectivity index is 1.83. The highest BCUT2D eigenvalue weighted by molar-refractivity contribution is 9.10. The first-order chi connectivity index (χ1) is 15.3. The third-order valence-corrected chi connectivity index (χ3v) is 7.40. The number of alkyl halides is 2. The number of ether oxygens (including phenoxy) is 3. The molecular weight excluding hydrogens is 535 g/mol. The van der Waals surface area contributed by atoms with Crippen molar-refractivity contribution in [2.24, 2.45) is 0 Å². The monoisotopic (exact) mass is 555 g/mol. The van der Waals surface area contributed by atoms with Crippen molar-refractivity contribution in [3.05, 3.63) is 15.3 Å². The number of halogens is 5. The molecule has 0 aliphatic carbocycles. The summed E-state index contributed by atoms with van der Waals surface area (Å²) >= 11 is 10.7. The molecular formula is C20H22BrClF3N3O3S. The van der Waals surface area contributed by atoms with E-state index >= 15 is 4.39 Å². The normalized spacial score (nSPS) is 22.2. The number of anilines is 1. The first kappa shape index (κ1) is 24.1. The van der Waals surface area contributed by atoms with Gasteiger partial charge in [-0.05, 0) is 48.4 Å². The second-order valence-corrected chi connectivity index (χ2v) is 9.53. The molecule has 176 valence electrons. The van der Waals surface area contributed by atoms with E-state index in [1.165, 1.54) is 16.7 Å². The molecule has 4 rings (SSSR count). The minimum absolute atomic E-state index is 0.00131. The topological polar surface area (TPSA) is 56.7 Å². The Morgan fingerprint density at radius 3 is 2.78 bits per heavy atom. The molecule has 0 spiro atoms. The van der Waals surface area contributed by atoms with Gasteiger partial charge in [-0.3, -0.25) is 0 Å². The Hall–Kier alpha value is -1.01. The van der Waals surface area contributed by atoms with Crippen LogP contribution in [0.3, 0.4) is 0 Å². The first-order valence-corrected chi connectivity index (χ1v) is 12.6. The number of aromatic nitrogens is 2. The van der Waals surface area contributed by atoms with Crippen LogP contribution in [0.5, 0.6) is 5.75 Å². The molecule has 2 aromatic rings. The number of rotatable bonds is 6. The molecule has 12 heteroatoms. The van der Waals surface area contributed by atoms with Gasteiger partial charge in [0.2, 0.25) is 0 Å². The summed E-state index contributed by atoms with van der Waals surface area (Å²) in [6.07, 6.45) is 0.758. The van der Waals surface area contributed by atoms with Gasteiger partial charge in [0.05, 0.1) is 28.5 Å². The molecule has 1 saturated heterocycles. The smallest absolute Gasteiger partial charge is 0.255 e. The lowest BCUT2D eigenvalue weighted by molar-refractivity contribution is -0.189. The summed E-state index contributed by atoms with van der Waals surface area (Å²) in [6, 6.07) is -0.646. The molecule has 2 aliphatic rings. The SMILES string of the molecule is CSc1nc2c3c(c(Cl)c(Br)c(F)c3n1)OCC(C(C)OC1CCCCO1)N2CC(F)F. The second kappa shape index (κ2) is 10.1. The highest BCUT2D eigenvalue weighted by Crippen LogP contribution is 2.47. The number of benzene rings is 1. The van der Waals surface area contributed by atoms with E-state index in [0.717, 1.165) is 19.3 Å². The van der Waals surface area contributed by atoms with E-state index in [4.69, 9.17) is 25.8 Å². The van der Waals surface area contributed by atoms with Crippen molar-refractivity contribution in [2.75, 3.05) is 30.9 Å². The van der Waals surface area contributed by atoms with Crippen molar-refractivity contribution >= 4 is 56.0 Å². The molecule has 3 unspecified atom stereocenters. The van der Waals surface area contributed by atoms with Gasteiger partial charge >= 0.3 is 0 Å². The summed E-state index contributed by atoms with van der Waals surface area (Å²) in [7, 11) is 0. The Labute approximate surface area is 201 Å². The van der Waals surface area contributed by atoms with Gasteiger partial charge in [-0.15, -0.1) is 0 Å². The minimum Gasteiger partial charge on any atom is -0.489 e. The number of hydrogen-bond acceptors (Lipinski definition) is 7. The first-order valence-electron chi connectivity index (χ1n) is 10.2.